The van der Waals surface area contributed by atoms with Crippen LogP contribution >= 0.6 is 11.6 Å². The van der Waals surface area contributed by atoms with Crippen LogP contribution in [0.15, 0.2) is 42.5 Å². The average Bonchev–Trinajstić information content (AvgIpc) is 2.90. The topological polar surface area (TPSA) is 60.9 Å². The van der Waals surface area contributed by atoms with Crippen LogP contribution in [0.2, 0.25) is 5.02 Å². The van der Waals surface area contributed by atoms with E-state index in [-0.39, 0.29) is 17.6 Å². The first-order valence-electron chi connectivity index (χ1n) is 13.6. The van der Waals surface area contributed by atoms with Crippen molar-refractivity contribution in [1.82, 2.24) is 9.21 Å². The molecule has 2 aliphatic heterocycles. The molecule has 9 heteroatoms. The van der Waals surface area contributed by atoms with Gasteiger partial charge in [0.2, 0.25) is 15.9 Å². The summed E-state index contributed by atoms with van der Waals surface area (Å²) < 4.78 is 38.5. The van der Waals surface area contributed by atoms with Crippen molar-refractivity contribution in [3.05, 3.63) is 64.4 Å². The Morgan fingerprint density at radius 1 is 1.03 bits per heavy atom. The van der Waals surface area contributed by atoms with Gasteiger partial charge in [0.1, 0.15) is 5.82 Å². The van der Waals surface area contributed by atoms with E-state index in [1.54, 1.807) is 0 Å². The van der Waals surface area contributed by atoms with Gasteiger partial charge in [-0.15, -0.1) is 0 Å². The van der Waals surface area contributed by atoms with Gasteiger partial charge in [-0.25, -0.2) is 17.1 Å². The Balaban J connectivity index is 1.32. The molecule has 0 spiro atoms. The molecule has 4 rings (SSSR count). The zero-order valence-corrected chi connectivity index (χ0v) is 24.0. The monoisotopic (exact) mass is 563 g/mol. The van der Waals surface area contributed by atoms with Crippen molar-refractivity contribution in [3.63, 3.8) is 0 Å². The van der Waals surface area contributed by atoms with E-state index in [1.165, 1.54) is 28.3 Å². The number of rotatable bonds is 9. The van der Waals surface area contributed by atoms with Crippen LogP contribution in [0.25, 0.3) is 0 Å². The molecule has 0 N–H and O–H groups in total. The Morgan fingerprint density at radius 2 is 1.68 bits per heavy atom. The van der Waals surface area contributed by atoms with Gasteiger partial charge in [-0.3, -0.25) is 4.79 Å². The molecule has 38 heavy (non-hydrogen) atoms. The van der Waals surface area contributed by atoms with Crippen molar-refractivity contribution >= 4 is 33.2 Å². The van der Waals surface area contributed by atoms with Gasteiger partial charge >= 0.3 is 0 Å². The maximum Gasteiger partial charge on any atom is 0.230 e. The highest BCUT2D eigenvalue weighted by Gasteiger charge is 2.32. The van der Waals surface area contributed by atoms with Crippen molar-refractivity contribution in [3.8, 4) is 0 Å². The molecular weight excluding hydrogens is 525 g/mol. The average molecular weight is 564 g/mol. The first kappa shape index (κ1) is 29.0. The Hall–Kier alpha value is -2.00. The lowest BCUT2D eigenvalue weighted by Crippen LogP contribution is -2.45. The number of hydrogen-bond donors (Lipinski definition) is 0. The summed E-state index contributed by atoms with van der Waals surface area (Å²) in [5.74, 6) is 0.275. The molecule has 2 aliphatic rings. The third-order valence-corrected chi connectivity index (χ3v) is 9.72. The zero-order valence-electron chi connectivity index (χ0n) is 22.4. The van der Waals surface area contributed by atoms with E-state index >= 15 is 0 Å². The molecular formula is C29H39ClFN3O3S. The maximum atomic E-state index is 13.6. The summed E-state index contributed by atoms with van der Waals surface area (Å²) in [5, 5.41) is 0.635. The van der Waals surface area contributed by atoms with E-state index in [0.29, 0.717) is 43.4 Å². The van der Waals surface area contributed by atoms with E-state index in [0.717, 1.165) is 56.6 Å². The second kappa shape index (κ2) is 12.9. The number of carbonyl (C=O) groups is 1. The van der Waals surface area contributed by atoms with Gasteiger partial charge in [0.05, 0.1) is 6.26 Å². The smallest absolute Gasteiger partial charge is 0.230 e. The molecule has 0 atom stereocenters. The largest absolute Gasteiger partial charge is 0.312 e. The van der Waals surface area contributed by atoms with Crippen LogP contribution in [-0.2, 0) is 21.2 Å². The van der Waals surface area contributed by atoms with Crippen molar-refractivity contribution in [2.75, 3.05) is 50.4 Å². The Kier molecular flexibility index (Phi) is 9.84. The third kappa shape index (κ3) is 7.78. The standard InChI is InChI=1S/C29H39ClFN3O3S/c1-22-4-9-27(21-28(22)30)34(29(35)25-12-18-33(19-13-25)38(2,36)37)15-3-14-32-16-10-24(11-17-32)20-23-5-7-26(31)8-6-23/h4-9,21,24-25H,3,10-20H2,1-2H3. The number of piperidine rings is 2. The van der Waals surface area contributed by atoms with E-state index in [2.05, 4.69) is 4.90 Å². The van der Waals surface area contributed by atoms with Crippen LogP contribution in [0.5, 0.6) is 0 Å². The number of benzene rings is 2. The first-order valence-corrected chi connectivity index (χ1v) is 15.8. The lowest BCUT2D eigenvalue weighted by atomic mass is 9.90. The van der Waals surface area contributed by atoms with Crippen molar-refractivity contribution in [2.24, 2.45) is 11.8 Å². The third-order valence-electron chi connectivity index (χ3n) is 8.01. The van der Waals surface area contributed by atoms with Gasteiger partial charge < -0.3 is 9.80 Å². The molecule has 2 aromatic carbocycles. The predicted octanol–water partition coefficient (Wildman–Crippen LogP) is 5.14. The fraction of sp³-hybridized carbons (Fsp3) is 0.552. The molecule has 0 saturated carbocycles. The number of hydrogen-bond acceptors (Lipinski definition) is 4. The summed E-state index contributed by atoms with van der Waals surface area (Å²) in [6.45, 7) is 6.27. The number of halogens is 2. The highest BCUT2D eigenvalue weighted by atomic mass is 35.5. The van der Waals surface area contributed by atoms with Gasteiger partial charge in [0.15, 0.2) is 0 Å². The molecule has 1 amide bonds. The number of aryl methyl sites for hydroxylation is 1. The quantitative estimate of drug-likeness (QED) is 0.424. The van der Waals surface area contributed by atoms with Gasteiger partial charge in [-0.2, -0.15) is 0 Å². The molecule has 2 heterocycles. The Morgan fingerprint density at radius 3 is 2.29 bits per heavy atom. The second-order valence-electron chi connectivity index (χ2n) is 10.8. The minimum atomic E-state index is -3.24. The Labute approximate surface area is 231 Å². The number of likely N-dealkylation sites (tertiary alicyclic amines) is 1. The van der Waals surface area contributed by atoms with Gasteiger partial charge in [-0.1, -0.05) is 29.8 Å². The van der Waals surface area contributed by atoms with E-state index in [1.807, 2.05) is 42.2 Å². The summed E-state index contributed by atoms with van der Waals surface area (Å²) in [7, 11) is -3.24. The van der Waals surface area contributed by atoms with Crippen LogP contribution in [-0.4, -0.2) is 69.1 Å². The van der Waals surface area contributed by atoms with Crippen LogP contribution in [0, 0.1) is 24.6 Å². The molecule has 0 aliphatic carbocycles. The van der Waals surface area contributed by atoms with Crippen LogP contribution in [0.1, 0.15) is 43.2 Å². The lowest BCUT2D eigenvalue weighted by molar-refractivity contribution is -0.123. The van der Waals surface area contributed by atoms with E-state index in [4.69, 9.17) is 11.6 Å². The summed E-state index contributed by atoms with van der Waals surface area (Å²) in [6, 6.07) is 12.6. The van der Waals surface area contributed by atoms with Crippen LogP contribution in [0.4, 0.5) is 10.1 Å². The molecule has 6 nitrogen and oxygen atoms in total. The molecule has 2 aromatic rings. The number of amides is 1. The number of sulfonamides is 1. The summed E-state index contributed by atoms with van der Waals surface area (Å²) in [4.78, 5) is 18.0. The fourth-order valence-corrected chi connectivity index (χ4v) is 6.64. The van der Waals surface area contributed by atoms with E-state index < -0.39 is 10.0 Å². The fourth-order valence-electron chi connectivity index (χ4n) is 5.59. The van der Waals surface area contributed by atoms with Crippen LogP contribution in [0.3, 0.4) is 0 Å². The highest BCUT2D eigenvalue weighted by Crippen LogP contribution is 2.28. The Bertz CT molecular complexity index is 1190. The normalized spacial score (nSPS) is 18.5. The van der Waals surface area contributed by atoms with Gasteiger partial charge in [0, 0.05) is 36.3 Å². The maximum absolute atomic E-state index is 13.6. The van der Waals surface area contributed by atoms with Crippen LogP contribution < -0.4 is 4.90 Å². The number of carbonyl (C=O) groups excluding carboxylic acids is 1. The summed E-state index contributed by atoms with van der Waals surface area (Å²) in [6.07, 6.45) is 6.36. The van der Waals surface area contributed by atoms with Crippen molar-refractivity contribution < 1.29 is 17.6 Å². The molecule has 208 valence electrons. The molecule has 0 unspecified atom stereocenters. The number of nitrogens with zero attached hydrogens (tertiary/aromatic N) is 3. The minimum Gasteiger partial charge on any atom is -0.312 e. The molecule has 2 saturated heterocycles. The number of anilines is 1. The SMILES string of the molecule is Cc1ccc(N(CCCN2CCC(Cc3ccc(F)cc3)CC2)C(=O)C2CCN(S(C)(=O)=O)CC2)cc1Cl. The molecule has 2 fully saturated rings. The van der Waals surface area contributed by atoms with Gasteiger partial charge in [0.25, 0.3) is 0 Å². The first-order chi connectivity index (χ1) is 18.1. The summed E-state index contributed by atoms with van der Waals surface area (Å²) in [5.41, 5.74) is 2.96. The molecule has 0 aromatic heterocycles. The molecule has 0 bridgehead atoms. The highest BCUT2D eigenvalue weighted by molar-refractivity contribution is 7.88. The summed E-state index contributed by atoms with van der Waals surface area (Å²) >= 11 is 6.41. The lowest BCUT2D eigenvalue weighted by Gasteiger charge is -2.35. The van der Waals surface area contributed by atoms with E-state index in [9.17, 15) is 17.6 Å². The predicted molar refractivity (Wildman–Crippen MR) is 152 cm³/mol. The molecule has 0 radical (unpaired) electrons. The van der Waals surface area contributed by atoms with Gasteiger partial charge in [-0.05, 0) is 106 Å². The van der Waals surface area contributed by atoms with Crippen molar-refractivity contribution in [1.29, 1.82) is 0 Å². The van der Waals surface area contributed by atoms with Crippen molar-refractivity contribution in [2.45, 2.75) is 45.4 Å². The zero-order chi connectivity index (χ0) is 27.3. The second-order valence-corrected chi connectivity index (χ2v) is 13.2. The minimum absolute atomic E-state index is 0.0519.